The fraction of sp³-hybridized carbons (Fsp3) is 0.370. The van der Waals surface area contributed by atoms with E-state index in [9.17, 15) is 37.5 Å². The number of nitrogens with two attached hydrogens (primary N) is 2. The smallest absolute Gasteiger partial charge is 0.421 e. The molecule has 3 atom stereocenters. The summed E-state index contributed by atoms with van der Waals surface area (Å²) in [5.74, 6) is -4.44. The molecule has 0 aliphatic carbocycles. The van der Waals surface area contributed by atoms with Crippen LogP contribution in [0.1, 0.15) is 30.9 Å². The molecule has 0 spiro atoms. The van der Waals surface area contributed by atoms with Gasteiger partial charge in [-0.05, 0) is 30.9 Å². The number of alkyl halides is 3. The van der Waals surface area contributed by atoms with Crippen molar-refractivity contribution >= 4 is 29.8 Å². The second-order valence-electron chi connectivity index (χ2n) is 9.30. The fourth-order valence-electron chi connectivity index (χ4n) is 3.76. The summed E-state index contributed by atoms with van der Waals surface area (Å²) in [6, 6.07) is 12.2. The molecule has 2 aromatic carbocycles. The highest BCUT2D eigenvalue weighted by Gasteiger charge is 2.62. The van der Waals surface area contributed by atoms with E-state index in [1.165, 1.54) is 24.3 Å². The normalized spacial score (nSPS) is 13.9. The minimum Gasteiger partial charge on any atom is -0.480 e. The number of hydrogen-bond donors (Lipinski definition) is 6. The van der Waals surface area contributed by atoms with Crippen molar-refractivity contribution in [2.75, 3.05) is 6.54 Å². The standard InChI is InChI=1S/C27H33F3N6O6/c1-17(21(37)35-20(22(38)39)13-8-14-33-24(31)32)34-23(40)26(27(28,29)30,15-18-9-4-2-5-10-18)36-25(41)42-16-19-11-6-3-7-12-19/h2-7,9-12,17,20H,8,13-16H2,1H3,(H,34,40)(H,35,37)(H,36,41)(H,38,39)(H4,31,32,33)/t17-,20-,26+/m0/s1. The van der Waals surface area contributed by atoms with Gasteiger partial charge in [-0.25, -0.2) is 9.59 Å². The van der Waals surface area contributed by atoms with Crippen LogP contribution in [0.15, 0.2) is 65.7 Å². The Kier molecular flexibility index (Phi) is 12.1. The van der Waals surface area contributed by atoms with Crippen LogP contribution in [-0.2, 0) is 32.1 Å². The predicted octanol–water partition coefficient (Wildman–Crippen LogP) is 1.58. The van der Waals surface area contributed by atoms with Gasteiger partial charge in [0.15, 0.2) is 5.96 Å². The third kappa shape index (κ3) is 9.98. The van der Waals surface area contributed by atoms with Crippen LogP contribution in [0.25, 0.3) is 0 Å². The largest absolute Gasteiger partial charge is 0.480 e. The van der Waals surface area contributed by atoms with E-state index in [0.717, 1.165) is 6.92 Å². The van der Waals surface area contributed by atoms with Gasteiger partial charge < -0.3 is 31.9 Å². The van der Waals surface area contributed by atoms with Gasteiger partial charge in [-0.15, -0.1) is 0 Å². The molecule has 0 fully saturated rings. The van der Waals surface area contributed by atoms with Crippen LogP contribution in [-0.4, -0.2) is 65.3 Å². The number of amides is 3. The minimum atomic E-state index is -5.36. The van der Waals surface area contributed by atoms with E-state index in [1.54, 1.807) is 41.7 Å². The van der Waals surface area contributed by atoms with Crippen LogP contribution in [0, 0.1) is 0 Å². The average molecular weight is 595 g/mol. The zero-order valence-electron chi connectivity index (χ0n) is 22.7. The number of benzene rings is 2. The molecule has 0 aliphatic heterocycles. The Morgan fingerprint density at radius 1 is 0.952 bits per heavy atom. The second-order valence-corrected chi connectivity index (χ2v) is 9.30. The van der Waals surface area contributed by atoms with Crippen molar-refractivity contribution in [3.05, 3.63) is 71.8 Å². The first-order valence-corrected chi connectivity index (χ1v) is 12.7. The number of carbonyl (C=O) groups is 4. The molecule has 0 saturated carbocycles. The Morgan fingerprint density at radius 3 is 2.05 bits per heavy atom. The van der Waals surface area contributed by atoms with Gasteiger partial charge in [0, 0.05) is 13.0 Å². The zero-order chi connectivity index (χ0) is 31.3. The van der Waals surface area contributed by atoms with Gasteiger partial charge in [-0.1, -0.05) is 60.7 Å². The maximum Gasteiger partial charge on any atom is 0.421 e. The predicted molar refractivity (Wildman–Crippen MR) is 146 cm³/mol. The van der Waals surface area contributed by atoms with E-state index in [4.69, 9.17) is 16.2 Å². The maximum absolute atomic E-state index is 14.7. The Bertz CT molecular complexity index is 1240. The Morgan fingerprint density at radius 2 is 1.52 bits per heavy atom. The quantitative estimate of drug-likeness (QED) is 0.108. The summed E-state index contributed by atoms with van der Waals surface area (Å²) < 4.78 is 49.0. The number of aliphatic carboxylic acids is 1. The molecular weight excluding hydrogens is 561 g/mol. The van der Waals surface area contributed by atoms with Crippen LogP contribution < -0.4 is 27.4 Å². The third-order valence-electron chi connectivity index (χ3n) is 6.01. The summed E-state index contributed by atoms with van der Waals surface area (Å²) >= 11 is 0. The molecule has 0 radical (unpaired) electrons. The Hall–Kier alpha value is -4.82. The van der Waals surface area contributed by atoms with Gasteiger partial charge in [-0.3, -0.25) is 19.9 Å². The molecule has 0 unspecified atom stereocenters. The number of carboxylic acid groups (broad SMARTS) is 1. The van der Waals surface area contributed by atoms with Crippen LogP contribution in [0.5, 0.6) is 0 Å². The summed E-state index contributed by atoms with van der Waals surface area (Å²) in [4.78, 5) is 53.9. The summed E-state index contributed by atoms with van der Waals surface area (Å²) in [7, 11) is 0. The Labute approximate surface area is 239 Å². The highest BCUT2D eigenvalue weighted by Crippen LogP contribution is 2.34. The Balaban J connectivity index is 2.25. The molecule has 228 valence electrons. The molecule has 12 nitrogen and oxygen atoms in total. The number of aliphatic imine (C=N–C) groups is 1. The number of hydrogen-bond acceptors (Lipinski definition) is 6. The number of rotatable bonds is 14. The lowest BCUT2D eigenvalue weighted by Gasteiger charge is -2.35. The monoisotopic (exact) mass is 594 g/mol. The molecule has 0 aromatic heterocycles. The lowest BCUT2D eigenvalue weighted by molar-refractivity contribution is -0.198. The van der Waals surface area contributed by atoms with E-state index in [1.807, 2.05) is 5.32 Å². The summed E-state index contributed by atoms with van der Waals surface area (Å²) in [6.45, 7) is 0.781. The first kappa shape index (κ1) is 33.4. The molecule has 42 heavy (non-hydrogen) atoms. The number of halogens is 3. The number of ether oxygens (including phenoxy) is 1. The first-order chi connectivity index (χ1) is 19.7. The second kappa shape index (κ2) is 15.3. The van der Waals surface area contributed by atoms with Crippen molar-refractivity contribution in [3.63, 3.8) is 0 Å². The summed E-state index contributed by atoms with van der Waals surface area (Å²) in [5, 5.41) is 15.2. The van der Waals surface area contributed by atoms with Gasteiger partial charge in [0.05, 0.1) is 0 Å². The maximum atomic E-state index is 14.7. The highest BCUT2D eigenvalue weighted by atomic mass is 19.4. The molecule has 2 rings (SSSR count). The van der Waals surface area contributed by atoms with Crippen molar-refractivity contribution in [1.82, 2.24) is 16.0 Å². The van der Waals surface area contributed by atoms with Gasteiger partial charge >= 0.3 is 18.2 Å². The zero-order valence-corrected chi connectivity index (χ0v) is 22.7. The van der Waals surface area contributed by atoms with E-state index in [0.29, 0.717) is 5.56 Å². The number of carbonyl (C=O) groups excluding carboxylic acids is 3. The van der Waals surface area contributed by atoms with Crippen LogP contribution >= 0.6 is 0 Å². The molecule has 3 amide bonds. The van der Waals surface area contributed by atoms with Crippen LogP contribution in [0.3, 0.4) is 0 Å². The molecule has 0 saturated heterocycles. The summed E-state index contributed by atoms with van der Waals surface area (Å²) in [6.07, 6.45) is -7.84. The fourth-order valence-corrected chi connectivity index (χ4v) is 3.76. The van der Waals surface area contributed by atoms with Gasteiger partial charge in [0.1, 0.15) is 18.7 Å². The van der Waals surface area contributed by atoms with E-state index >= 15 is 0 Å². The van der Waals surface area contributed by atoms with Crippen LogP contribution in [0.2, 0.25) is 0 Å². The number of nitrogens with zero attached hydrogens (tertiary/aromatic N) is 1. The molecule has 0 heterocycles. The van der Waals surface area contributed by atoms with E-state index < -0.39 is 54.1 Å². The van der Waals surface area contributed by atoms with Crippen molar-refractivity contribution in [3.8, 4) is 0 Å². The molecular formula is C27H33F3N6O6. The third-order valence-corrected chi connectivity index (χ3v) is 6.01. The number of carboxylic acids is 1. The van der Waals surface area contributed by atoms with Crippen molar-refractivity contribution in [2.45, 2.75) is 56.6 Å². The first-order valence-electron chi connectivity index (χ1n) is 12.7. The van der Waals surface area contributed by atoms with Crippen molar-refractivity contribution in [2.24, 2.45) is 16.5 Å². The van der Waals surface area contributed by atoms with Crippen LogP contribution in [0.4, 0.5) is 18.0 Å². The van der Waals surface area contributed by atoms with E-state index in [-0.39, 0.29) is 37.5 Å². The number of guanidine groups is 1. The van der Waals surface area contributed by atoms with Crippen molar-refractivity contribution < 1.29 is 42.2 Å². The summed E-state index contributed by atoms with van der Waals surface area (Å²) in [5.41, 5.74) is 7.42. The molecule has 0 bridgehead atoms. The molecule has 2 aromatic rings. The molecule has 0 aliphatic rings. The lowest BCUT2D eigenvalue weighted by atomic mass is 9.88. The van der Waals surface area contributed by atoms with E-state index in [2.05, 4.69) is 10.3 Å². The average Bonchev–Trinajstić information content (AvgIpc) is 2.93. The van der Waals surface area contributed by atoms with Gasteiger partial charge in [-0.2, -0.15) is 13.2 Å². The number of alkyl carbamates (subject to hydrolysis) is 1. The van der Waals surface area contributed by atoms with Gasteiger partial charge in [0.25, 0.3) is 5.91 Å². The molecule has 8 N–H and O–H groups in total. The topological polar surface area (TPSA) is 198 Å². The lowest BCUT2D eigenvalue weighted by Crippen LogP contribution is -2.70. The highest BCUT2D eigenvalue weighted by molar-refractivity contribution is 5.95. The number of nitrogens with one attached hydrogen (secondary N) is 3. The minimum absolute atomic E-state index is 0.0529. The van der Waals surface area contributed by atoms with Gasteiger partial charge in [0.2, 0.25) is 11.4 Å². The molecule has 15 heteroatoms. The van der Waals surface area contributed by atoms with Crippen molar-refractivity contribution in [1.29, 1.82) is 0 Å². The SMILES string of the molecule is C[C@H](NC(=O)[C@@](Cc1ccccc1)(NC(=O)OCc1ccccc1)C(F)(F)F)C(=O)N[C@@H](CCCN=C(N)N)C(=O)O.